The van der Waals surface area contributed by atoms with Crippen LogP contribution in [0.15, 0.2) is 51.1 Å². The summed E-state index contributed by atoms with van der Waals surface area (Å²) in [5, 5.41) is 0. The zero-order chi connectivity index (χ0) is 20.4. The monoisotopic (exact) mass is 991 g/mol. The average Bonchev–Trinajstić information content (AvgIpc) is 2.60. The molecule has 0 bridgehead atoms. The van der Waals surface area contributed by atoms with Crippen molar-refractivity contribution in [1.82, 2.24) is 0 Å². The zero-order valence-electron chi connectivity index (χ0n) is 13.1. The first kappa shape index (κ1) is 27.3. The van der Waals surface area contributed by atoms with Gasteiger partial charge in [0.05, 0.1) is 0 Å². The normalized spacial score (nSPS) is 11.8. The van der Waals surface area contributed by atoms with Gasteiger partial charge in [0, 0.05) is 32.4 Å². The number of hydrogen-bond donors (Lipinski definition) is 0. The molecule has 0 N–H and O–H groups in total. The summed E-state index contributed by atoms with van der Waals surface area (Å²) in [6, 6.07) is 8.01. The number of halogens is 10. The second-order valence-corrected chi connectivity index (χ2v) is 16.3. The van der Waals surface area contributed by atoms with Crippen LogP contribution in [0.25, 0.3) is 0 Å². The fourth-order valence-corrected chi connectivity index (χ4v) is 10.1. The van der Waals surface area contributed by atoms with Crippen LogP contribution in [0, 0.1) is 0 Å². The number of benzene rings is 2. The summed E-state index contributed by atoms with van der Waals surface area (Å²) in [5.41, 5.74) is 1.97. The molecule has 0 aromatic heterocycles. The average molecular weight is 1000 g/mol. The quantitative estimate of drug-likeness (QED) is 0.163. The Morgan fingerprint density at radius 2 is 0.962 bits per heavy atom. The molecule has 2 aromatic rings. The van der Waals surface area contributed by atoms with E-state index in [2.05, 4.69) is 159 Å². The van der Waals surface area contributed by atoms with E-state index in [1.807, 2.05) is 38.1 Å². The van der Waals surface area contributed by atoms with Gasteiger partial charge in [0.1, 0.15) is 6.47 Å². The standard InChI is InChI=1S/C14H4Br10.C2H6/c15-6-4-2-1-3-5(6)13(21,22)14(23,24)7-8(16)10(18)12(20)11(19)9(7)17;1-2/h1-4H;1-2H3. The largest absolute Gasteiger partial charge is 0.137 e. The summed E-state index contributed by atoms with van der Waals surface area (Å²) in [4.78, 5) is 0. The fourth-order valence-electron chi connectivity index (χ4n) is 1.92. The highest BCUT2D eigenvalue weighted by molar-refractivity contribution is 9.29. The highest BCUT2D eigenvalue weighted by Gasteiger charge is 2.51. The SMILES string of the molecule is Brc1ccccc1C(Br)(Br)C(Br)(Br)c1c(Br)c(Br)c(Br)c(Br)c1Br.CC. The van der Waals surface area contributed by atoms with Crippen molar-refractivity contribution < 1.29 is 0 Å². The molecule has 0 atom stereocenters. The van der Waals surface area contributed by atoms with E-state index in [1.54, 1.807) is 0 Å². The molecule has 0 fully saturated rings. The Hall–Kier alpha value is 3.24. The van der Waals surface area contributed by atoms with E-state index in [9.17, 15) is 0 Å². The van der Waals surface area contributed by atoms with Gasteiger partial charge < -0.3 is 0 Å². The molecule has 0 spiro atoms. The minimum Gasteiger partial charge on any atom is -0.0683 e. The van der Waals surface area contributed by atoms with Gasteiger partial charge in [0.2, 0.25) is 0 Å². The molecule has 0 heterocycles. The summed E-state index contributed by atoms with van der Waals surface area (Å²) in [6.45, 7) is 4.00. The van der Waals surface area contributed by atoms with Gasteiger partial charge in [0.15, 0.2) is 0 Å². The van der Waals surface area contributed by atoms with Crippen LogP contribution in [-0.2, 0) is 6.47 Å². The molecule has 26 heavy (non-hydrogen) atoms. The van der Waals surface area contributed by atoms with E-state index in [0.717, 1.165) is 38.0 Å². The number of alkyl halides is 4. The molecular formula is C16H10Br10. The smallest absolute Gasteiger partial charge is 0.0683 e. The van der Waals surface area contributed by atoms with Crippen LogP contribution in [0.4, 0.5) is 0 Å². The van der Waals surface area contributed by atoms with Gasteiger partial charge in [-0.05, 0) is 91.3 Å². The molecule has 144 valence electrons. The summed E-state index contributed by atoms with van der Waals surface area (Å²) in [5.74, 6) is 0. The maximum Gasteiger partial charge on any atom is 0.137 e. The van der Waals surface area contributed by atoms with Crippen molar-refractivity contribution in [1.29, 1.82) is 0 Å². The summed E-state index contributed by atoms with van der Waals surface area (Å²) in [6.07, 6.45) is 0. The van der Waals surface area contributed by atoms with Crippen LogP contribution < -0.4 is 0 Å². The fraction of sp³-hybridized carbons (Fsp3) is 0.250. The van der Waals surface area contributed by atoms with Crippen LogP contribution in [0.1, 0.15) is 25.0 Å². The molecule has 0 aliphatic carbocycles. The van der Waals surface area contributed by atoms with E-state index in [-0.39, 0.29) is 0 Å². The highest BCUT2D eigenvalue weighted by Crippen LogP contribution is 2.65. The lowest BCUT2D eigenvalue weighted by Crippen LogP contribution is -2.31. The Kier molecular flexibility index (Phi) is 11.8. The second kappa shape index (κ2) is 11.2. The second-order valence-electron chi connectivity index (χ2n) is 4.57. The molecule has 2 rings (SSSR count). The van der Waals surface area contributed by atoms with Gasteiger partial charge in [-0.25, -0.2) is 0 Å². The summed E-state index contributed by atoms with van der Waals surface area (Å²) in [7, 11) is 0. The topological polar surface area (TPSA) is 0 Å². The van der Waals surface area contributed by atoms with Crippen LogP contribution in [0.5, 0.6) is 0 Å². The molecule has 0 saturated carbocycles. The third kappa shape index (κ3) is 5.34. The van der Waals surface area contributed by atoms with Gasteiger partial charge in [-0.3, -0.25) is 0 Å². The maximum absolute atomic E-state index is 3.86. The lowest BCUT2D eigenvalue weighted by atomic mass is 10.0. The molecule has 0 unspecified atom stereocenters. The molecule has 0 aliphatic rings. The lowest BCUT2D eigenvalue weighted by molar-refractivity contribution is 0.827. The minimum absolute atomic E-state index is 0.662. The Morgan fingerprint density at radius 3 is 1.38 bits per heavy atom. The van der Waals surface area contributed by atoms with Crippen molar-refractivity contribution >= 4 is 159 Å². The predicted octanol–water partition coefficient (Wildman–Crippen LogP) is 11.9. The van der Waals surface area contributed by atoms with Crippen molar-refractivity contribution in [2.24, 2.45) is 0 Å². The van der Waals surface area contributed by atoms with Gasteiger partial charge in [-0.1, -0.05) is 112 Å². The third-order valence-electron chi connectivity index (χ3n) is 3.13. The van der Waals surface area contributed by atoms with Crippen molar-refractivity contribution in [3.05, 3.63) is 62.2 Å². The summed E-state index contributed by atoms with van der Waals surface area (Å²) >= 11 is 37.2. The van der Waals surface area contributed by atoms with E-state index >= 15 is 0 Å². The molecule has 0 aliphatic heterocycles. The molecule has 0 radical (unpaired) electrons. The first-order valence-electron chi connectivity index (χ1n) is 6.97. The van der Waals surface area contributed by atoms with Crippen LogP contribution >= 0.6 is 159 Å². The van der Waals surface area contributed by atoms with Crippen LogP contribution in [-0.4, -0.2) is 0 Å². The molecule has 2 aromatic carbocycles. The summed E-state index contributed by atoms with van der Waals surface area (Å²) < 4.78 is 4.12. The van der Waals surface area contributed by atoms with Crippen LogP contribution in [0.3, 0.4) is 0 Å². The zero-order valence-corrected chi connectivity index (χ0v) is 28.9. The molecule has 10 heteroatoms. The minimum atomic E-state index is -0.708. The first-order valence-corrected chi connectivity index (χ1v) is 14.9. The Balaban J connectivity index is 0.00000163. The number of hydrogen-bond acceptors (Lipinski definition) is 0. The van der Waals surface area contributed by atoms with Gasteiger partial charge in [-0.15, -0.1) is 0 Å². The lowest BCUT2D eigenvalue weighted by Gasteiger charge is -2.37. The van der Waals surface area contributed by atoms with Crippen molar-refractivity contribution in [3.8, 4) is 0 Å². The predicted molar refractivity (Wildman–Crippen MR) is 149 cm³/mol. The Bertz CT molecular complexity index is 769. The van der Waals surface area contributed by atoms with Gasteiger partial charge in [0.25, 0.3) is 0 Å². The maximum atomic E-state index is 3.86. The third-order valence-corrected chi connectivity index (χ3v) is 16.1. The molecule has 0 amide bonds. The van der Waals surface area contributed by atoms with Crippen molar-refractivity contribution in [3.63, 3.8) is 0 Å². The van der Waals surface area contributed by atoms with E-state index in [1.165, 1.54) is 0 Å². The first-order chi connectivity index (χ1) is 11.9. The Morgan fingerprint density at radius 1 is 0.577 bits per heavy atom. The van der Waals surface area contributed by atoms with E-state index in [4.69, 9.17) is 0 Å². The highest BCUT2D eigenvalue weighted by atomic mass is 79.9. The van der Waals surface area contributed by atoms with Crippen molar-refractivity contribution in [2.75, 3.05) is 0 Å². The molecule has 0 nitrogen and oxygen atoms in total. The van der Waals surface area contributed by atoms with Gasteiger partial charge >= 0.3 is 0 Å². The van der Waals surface area contributed by atoms with E-state index < -0.39 is 6.47 Å². The molecular weight excluding hydrogens is 991 g/mol. The van der Waals surface area contributed by atoms with E-state index in [0.29, 0.717) is 0 Å². The van der Waals surface area contributed by atoms with Gasteiger partial charge in [-0.2, -0.15) is 0 Å². The van der Waals surface area contributed by atoms with Crippen molar-refractivity contribution in [2.45, 2.75) is 20.3 Å². The Labute approximate surface area is 238 Å². The number of rotatable bonds is 3. The van der Waals surface area contributed by atoms with Crippen LogP contribution in [0.2, 0.25) is 0 Å². The molecule has 0 saturated heterocycles.